The second kappa shape index (κ2) is 4.72. The van der Waals surface area contributed by atoms with E-state index in [0.29, 0.717) is 21.7 Å². The minimum Gasteiger partial charge on any atom is -0.508 e. The van der Waals surface area contributed by atoms with Crippen LogP contribution in [0.15, 0.2) is 12.1 Å². The standard InChI is InChI=1S/C12H16Cl2O2/c1-7(2)12(3,4)16-11-9(13)5-8(15)6-10(11)14/h5-7,15H,1-4H3. The molecule has 0 unspecified atom stereocenters. The number of hydrogen-bond donors (Lipinski definition) is 1. The van der Waals surface area contributed by atoms with E-state index in [-0.39, 0.29) is 11.4 Å². The summed E-state index contributed by atoms with van der Waals surface area (Å²) in [6.45, 7) is 8.05. The van der Waals surface area contributed by atoms with Crippen LogP contribution in [0.5, 0.6) is 11.5 Å². The Morgan fingerprint density at radius 3 is 2.00 bits per heavy atom. The van der Waals surface area contributed by atoms with E-state index in [9.17, 15) is 5.11 Å². The largest absolute Gasteiger partial charge is 0.508 e. The summed E-state index contributed by atoms with van der Waals surface area (Å²) in [7, 11) is 0. The van der Waals surface area contributed by atoms with Crippen molar-refractivity contribution in [2.24, 2.45) is 5.92 Å². The molecule has 0 aliphatic heterocycles. The van der Waals surface area contributed by atoms with Gasteiger partial charge in [-0.1, -0.05) is 37.0 Å². The van der Waals surface area contributed by atoms with Crippen LogP contribution in [-0.2, 0) is 0 Å². The van der Waals surface area contributed by atoms with Crippen LogP contribution in [0.2, 0.25) is 10.0 Å². The maximum absolute atomic E-state index is 9.30. The smallest absolute Gasteiger partial charge is 0.157 e. The van der Waals surface area contributed by atoms with Crippen LogP contribution in [0.1, 0.15) is 27.7 Å². The zero-order chi connectivity index (χ0) is 12.5. The number of benzene rings is 1. The van der Waals surface area contributed by atoms with E-state index in [1.165, 1.54) is 12.1 Å². The zero-order valence-electron chi connectivity index (χ0n) is 9.84. The van der Waals surface area contributed by atoms with Crippen LogP contribution in [0, 0.1) is 5.92 Å². The van der Waals surface area contributed by atoms with Gasteiger partial charge >= 0.3 is 0 Å². The molecule has 4 heteroatoms. The average molecular weight is 263 g/mol. The summed E-state index contributed by atoms with van der Waals surface area (Å²) in [4.78, 5) is 0. The summed E-state index contributed by atoms with van der Waals surface area (Å²) < 4.78 is 5.80. The third-order valence-corrected chi connectivity index (χ3v) is 3.30. The molecular formula is C12H16Cl2O2. The van der Waals surface area contributed by atoms with Gasteiger partial charge in [0.2, 0.25) is 0 Å². The molecule has 2 nitrogen and oxygen atoms in total. The van der Waals surface area contributed by atoms with Crippen LogP contribution in [0.3, 0.4) is 0 Å². The van der Waals surface area contributed by atoms with Crippen molar-refractivity contribution in [3.63, 3.8) is 0 Å². The number of phenols is 1. The Labute approximate surface area is 106 Å². The molecule has 1 rings (SSSR count). The summed E-state index contributed by atoms with van der Waals surface area (Å²) in [5, 5.41) is 9.94. The molecule has 0 fully saturated rings. The van der Waals surface area contributed by atoms with E-state index in [2.05, 4.69) is 13.8 Å². The van der Waals surface area contributed by atoms with Crippen LogP contribution in [0.25, 0.3) is 0 Å². The molecule has 1 N–H and O–H groups in total. The molecule has 0 aliphatic rings. The SMILES string of the molecule is CC(C)C(C)(C)Oc1c(Cl)cc(O)cc1Cl. The van der Waals surface area contributed by atoms with Gasteiger partial charge in [-0.25, -0.2) is 0 Å². The van der Waals surface area contributed by atoms with Crippen molar-refractivity contribution in [1.29, 1.82) is 0 Å². The lowest BCUT2D eigenvalue weighted by molar-refractivity contribution is 0.0601. The Morgan fingerprint density at radius 1 is 1.19 bits per heavy atom. The quantitative estimate of drug-likeness (QED) is 0.869. The van der Waals surface area contributed by atoms with Gasteiger partial charge in [-0.2, -0.15) is 0 Å². The lowest BCUT2D eigenvalue weighted by Gasteiger charge is -2.31. The second-order valence-electron chi connectivity index (χ2n) is 4.60. The van der Waals surface area contributed by atoms with Gasteiger partial charge in [-0.15, -0.1) is 0 Å². The molecule has 0 aromatic heterocycles. The molecule has 0 spiro atoms. The van der Waals surface area contributed by atoms with Crippen molar-refractivity contribution in [3.8, 4) is 11.5 Å². The average Bonchev–Trinajstić information content (AvgIpc) is 2.11. The molecule has 0 saturated carbocycles. The first-order chi connectivity index (χ1) is 7.24. The third kappa shape index (κ3) is 2.96. The van der Waals surface area contributed by atoms with Gasteiger partial charge in [0.05, 0.1) is 10.0 Å². The number of halogens is 2. The van der Waals surface area contributed by atoms with Crippen LogP contribution in [0.4, 0.5) is 0 Å². The summed E-state index contributed by atoms with van der Waals surface area (Å²) in [6.07, 6.45) is 0. The van der Waals surface area contributed by atoms with Crippen molar-refractivity contribution < 1.29 is 9.84 Å². The van der Waals surface area contributed by atoms with Crippen molar-refractivity contribution in [3.05, 3.63) is 22.2 Å². The predicted molar refractivity (Wildman–Crippen MR) is 67.7 cm³/mol. The number of hydrogen-bond acceptors (Lipinski definition) is 2. The van der Waals surface area contributed by atoms with Crippen molar-refractivity contribution >= 4 is 23.2 Å². The third-order valence-electron chi connectivity index (χ3n) is 2.74. The normalized spacial score (nSPS) is 11.9. The molecule has 1 aromatic rings. The fourth-order valence-electron chi connectivity index (χ4n) is 1.02. The highest BCUT2D eigenvalue weighted by atomic mass is 35.5. The Kier molecular flexibility index (Phi) is 3.97. The lowest BCUT2D eigenvalue weighted by Crippen LogP contribution is -2.34. The van der Waals surface area contributed by atoms with E-state index in [1.807, 2.05) is 13.8 Å². The first kappa shape index (κ1) is 13.5. The van der Waals surface area contributed by atoms with E-state index < -0.39 is 0 Å². The predicted octanol–water partition coefficient (Wildman–Crippen LogP) is 4.51. The van der Waals surface area contributed by atoms with Crippen molar-refractivity contribution in [2.45, 2.75) is 33.3 Å². The Hall–Kier alpha value is -0.600. The number of aromatic hydroxyl groups is 1. The van der Waals surface area contributed by atoms with E-state index in [0.717, 1.165) is 0 Å². The molecule has 0 saturated heterocycles. The summed E-state index contributed by atoms with van der Waals surface area (Å²) >= 11 is 12.0. The fraction of sp³-hybridized carbons (Fsp3) is 0.500. The molecule has 0 radical (unpaired) electrons. The minimum atomic E-state index is -0.371. The van der Waals surface area contributed by atoms with Gasteiger partial charge < -0.3 is 9.84 Å². The van der Waals surface area contributed by atoms with Crippen LogP contribution >= 0.6 is 23.2 Å². The van der Waals surface area contributed by atoms with Crippen LogP contribution < -0.4 is 4.74 Å². The second-order valence-corrected chi connectivity index (χ2v) is 5.41. The van der Waals surface area contributed by atoms with E-state index in [1.54, 1.807) is 0 Å². The molecule has 0 bridgehead atoms. The van der Waals surface area contributed by atoms with E-state index >= 15 is 0 Å². The molecule has 0 atom stereocenters. The van der Waals surface area contributed by atoms with Crippen LogP contribution in [-0.4, -0.2) is 10.7 Å². The first-order valence-corrected chi connectivity index (χ1v) is 5.86. The number of phenolic OH excluding ortho intramolecular Hbond substituents is 1. The topological polar surface area (TPSA) is 29.5 Å². The van der Waals surface area contributed by atoms with Gasteiger partial charge in [-0.05, 0) is 19.8 Å². The Bertz CT molecular complexity index is 364. The minimum absolute atomic E-state index is 0.0321. The molecule has 0 amide bonds. The molecular weight excluding hydrogens is 247 g/mol. The van der Waals surface area contributed by atoms with Gasteiger partial charge in [0, 0.05) is 12.1 Å². The Morgan fingerprint density at radius 2 is 1.62 bits per heavy atom. The first-order valence-electron chi connectivity index (χ1n) is 5.11. The molecule has 16 heavy (non-hydrogen) atoms. The highest BCUT2D eigenvalue weighted by Crippen LogP contribution is 2.39. The van der Waals surface area contributed by atoms with Crippen molar-refractivity contribution in [1.82, 2.24) is 0 Å². The summed E-state index contributed by atoms with van der Waals surface area (Å²) in [6, 6.07) is 2.83. The molecule has 0 heterocycles. The Balaban J connectivity index is 3.07. The maximum Gasteiger partial charge on any atom is 0.157 e. The highest BCUT2D eigenvalue weighted by molar-refractivity contribution is 6.37. The van der Waals surface area contributed by atoms with Crippen molar-refractivity contribution in [2.75, 3.05) is 0 Å². The monoisotopic (exact) mass is 262 g/mol. The zero-order valence-corrected chi connectivity index (χ0v) is 11.4. The van der Waals surface area contributed by atoms with Gasteiger partial charge in [0.1, 0.15) is 11.4 Å². The summed E-state index contributed by atoms with van der Waals surface area (Å²) in [5.74, 6) is 0.762. The lowest BCUT2D eigenvalue weighted by atomic mass is 9.94. The molecule has 0 aliphatic carbocycles. The maximum atomic E-state index is 9.30. The van der Waals surface area contributed by atoms with Gasteiger partial charge in [0.25, 0.3) is 0 Å². The fourth-order valence-corrected chi connectivity index (χ4v) is 1.58. The van der Waals surface area contributed by atoms with Gasteiger partial charge in [-0.3, -0.25) is 0 Å². The molecule has 90 valence electrons. The number of ether oxygens (including phenoxy) is 1. The highest BCUT2D eigenvalue weighted by Gasteiger charge is 2.26. The number of rotatable bonds is 3. The van der Waals surface area contributed by atoms with E-state index in [4.69, 9.17) is 27.9 Å². The summed E-state index contributed by atoms with van der Waals surface area (Å²) in [5.41, 5.74) is -0.371. The molecule has 1 aromatic carbocycles. The van der Waals surface area contributed by atoms with Gasteiger partial charge in [0.15, 0.2) is 5.75 Å².